The zero-order chi connectivity index (χ0) is 15.0. The van der Waals surface area contributed by atoms with Crippen molar-refractivity contribution in [2.24, 2.45) is 0 Å². The Morgan fingerprint density at radius 3 is 2.71 bits per heavy atom. The van der Waals surface area contributed by atoms with Crippen LogP contribution in [-0.2, 0) is 5.41 Å². The van der Waals surface area contributed by atoms with E-state index in [2.05, 4.69) is 30.9 Å². The summed E-state index contributed by atoms with van der Waals surface area (Å²) in [4.78, 5) is 4.26. The van der Waals surface area contributed by atoms with Crippen LogP contribution in [0.4, 0.5) is 0 Å². The van der Waals surface area contributed by atoms with E-state index in [9.17, 15) is 5.11 Å². The van der Waals surface area contributed by atoms with Crippen molar-refractivity contribution in [3.63, 3.8) is 0 Å². The minimum absolute atomic E-state index is 0.0473. The van der Waals surface area contributed by atoms with E-state index in [1.165, 1.54) is 0 Å². The van der Waals surface area contributed by atoms with Crippen LogP contribution in [0.15, 0.2) is 42.7 Å². The van der Waals surface area contributed by atoms with Gasteiger partial charge in [0.1, 0.15) is 17.0 Å². The van der Waals surface area contributed by atoms with Gasteiger partial charge in [-0.2, -0.15) is 5.10 Å². The van der Waals surface area contributed by atoms with Gasteiger partial charge in [-0.25, -0.2) is 9.50 Å². The number of phenols is 1. The zero-order valence-electron chi connectivity index (χ0n) is 12.2. The number of fused-ring (bicyclic) bond motifs is 1. The molecule has 0 saturated carbocycles. The van der Waals surface area contributed by atoms with Gasteiger partial charge in [0, 0.05) is 23.9 Å². The largest absolute Gasteiger partial charge is 0.508 e. The lowest BCUT2D eigenvalue weighted by molar-refractivity contribution is 0.447. The number of hydrogen-bond donors (Lipinski definition) is 1. The van der Waals surface area contributed by atoms with E-state index in [4.69, 9.17) is 4.74 Å². The number of rotatable bonds is 2. The van der Waals surface area contributed by atoms with Crippen molar-refractivity contribution in [1.82, 2.24) is 14.6 Å². The number of benzene rings is 1. The second-order valence-electron chi connectivity index (χ2n) is 5.94. The van der Waals surface area contributed by atoms with E-state index < -0.39 is 0 Å². The molecule has 1 N–H and O–H groups in total. The molecule has 5 heteroatoms. The molecule has 0 aliphatic rings. The smallest absolute Gasteiger partial charge is 0.245 e. The Bertz CT molecular complexity index is 788. The predicted octanol–water partition coefficient (Wildman–Crippen LogP) is 3.52. The van der Waals surface area contributed by atoms with Gasteiger partial charge in [-0.1, -0.05) is 26.8 Å². The quantitative estimate of drug-likeness (QED) is 0.781. The van der Waals surface area contributed by atoms with E-state index in [0.29, 0.717) is 11.6 Å². The van der Waals surface area contributed by atoms with Crippen molar-refractivity contribution in [3.05, 3.63) is 48.4 Å². The Labute approximate surface area is 122 Å². The number of phenolic OH excluding ortho intramolecular Hbond substituents is 1. The SMILES string of the molecule is CC(C)(C)c1cc2c(Oc3cccc(O)c3)nccn2n1. The maximum Gasteiger partial charge on any atom is 0.245 e. The number of hydrogen-bond acceptors (Lipinski definition) is 4. The molecule has 0 atom stereocenters. The first-order chi connectivity index (χ1) is 9.93. The molecule has 0 aliphatic carbocycles. The summed E-state index contributed by atoms with van der Waals surface area (Å²) in [7, 11) is 0. The highest BCUT2D eigenvalue weighted by Crippen LogP contribution is 2.29. The molecule has 2 aromatic heterocycles. The van der Waals surface area contributed by atoms with E-state index in [1.54, 1.807) is 41.2 Å². The van der Waals surface area contributed by atoms with Crippen LogP contribution in [0.5, 0.6) is 17.4 Å². The maximum absolute atomic E-state index is 9.50. The monoisotopic (exact) mass is 283 g/mol. The first-order valence-corrected chi connectivity index (χ1v) is 6.75. The van der Waals surface area contributed by atoms with E-state index in [0.717, 1.165) is 11.2 Å². The number of aromatic hydroxyl groups is 1. The average Bonchev–Trinajstić information content (AvgIpc) is 2.84. The Hall–Kier alpha value is -2.56. The first kappa shape index (κ1) is 13.4. The summed E-state index contributed by atoms with van der Waals surface area (Å²) in [6, 6.07) is 8.61. The molecule has 3 aromatic rings. The van der Waals surface area contributed by atoms with Gasteiger partial charge < -0.3 is 9.84 Å². The second kappa shape index (κ2) is 4.77. The fourth-order valence-corrected chi connectivity index (χ4v) is 2.00. The van der Waals surface area contributed by atoms with Crippen molar-refractivity contribution in [2.45, 2.75) is 26.2 Å². The summed E-state index contributed by atoms with van der Waals surface area (Å²) < 4.78 is 7.52. The van der Waals surface area contributed by atoms with E-state index in [-0.39, 0.29) is 11.2 Å². The van der Waals surface area contributed by atoms with Crippen LogP contribution in [-0.4, -0.2) is 19.7 Å². The van der Waals surface area contributed by atoms with Crippen LogP contribution in [0, 0.1) is 0 Å². The van der Waals surface area contributed by atoms with Crippen LogP contribution in [0.2, 0.25) is 0 Å². The van der Waals surface area contributed by atoms with Gasteiger partial charge in [0.25, 0.3) is 0 Å². The molecule has 0 amide bonds. The third-order valence-corrected chi connectivity index (χ3v) is 3.16. The fraction of sp³-hybridized carbons (Fsp3) is 0.250. The van der Waals surface area contributed by atoms with E-state index >= 15 is 0 Å². The minimum Gasteiger partial charge on any atom is -0.508 e. The fourth-order valence-electron chi connectivity index (χ4n) is 2.00. The molecular weight excluding hydrogens is 266 g/mol. The van der Waals surface area contributed by atoms with Gasteiger partial charge >= 0.3 is 0 Å². The Balaban J connectivity index is 2.04. The summed E-state index contributed by atoms with van der Waals surface area (Å²) in [6.07, 6.45) is 3.43. The first-order valence-electron chi connectivity index (χ1n) is 6.75. The highest BCUT2D eigenvalue weighted by Gasteiger charge is 2.19. The third kappa shape index (κ3) is 2.67. The normalized spacial score (nSPS) is 11.8. The molecule has 0 aliphatic heterocycles. The van der Waals surface area contributed by atoms with Crippen LogP contribution in [0.3, 0.4) is 0 Å². The maximum atomic E-state index is 9.50. The molecule has 1 aromatic carbocycles. The Morgan fingerprint density at radius 1 is 1.19 bits per heavy atom. The molecule has 21 heavy (non-hydrogen) atoms. The summed E-state index contributed by atoms with van der Waals surface area (Å²) in [5.74, 6) is 1.16. The highest BCUT2D eigenvalue weighted by molar-refractivity contribution is 5.58. The van der Waals surface area contributed by atoms with Gasteiger partial charge in [-0.15, -0.1) is 0 Å². The summed E-state index contributed by atoms with van der Waals surface area (Å²) in [6.45, 7) is 6.33. The molecule has 0 saturated heterocycles. The minimum atomic E-state index is -0.0473. The van der Waals surface area contributed by atoms with Crippen LogP contribution >= 0.6 is 0 Å². The summed E-state index contributed by atoms with van der Waals surface area (Å²) in [5, 5.41) is 14.0. The Kier molecular flexibility index (Phi) is 3.05. The number of aromatic nitrogens is 3. The van der Waals surface area contributed by atoms with Crippen molar-refractivity contribution in [3.8, 4) is 17.4 Å². The van der Waals surface area contributed by atoms with Gasteiger partial charge in [0.2, 0.25) is 5.88 Å². The average molecular weight is 283 g/mol. The number of nitrogens with zero attached hydrogens (tertiary/aromatic N) is 3. The molecule has 2 heterocycles. The van der Waals surface area contributed by atoms with Crippen molar-refractivity contribution < 1.29 is 9.84 Å². The lowest BCUT2D eigenvalue weighted by atomic mass is 9.92. The summed E-state index contributed by atoms with van der Waals surface area (Å²) in [5.41, 5.74) is 1.72. The van der Waals surface area contributed by atoms with Crippen molar-refractivity contribution in [1.29, 1.82) is 0 Å². The van der Waals surface area contributed by atoms with Crippen LogP contribution < -0.4 is 4.74 Å². The summed E-state index contributed by atoms with van der Waals surface area (Å²) >= 11 is 0. The van der Waals surface area contributed by atoms with E-state index in [1.807, 2.05) is 6.07 Å². The molecule has 0 bridgehead atoms. The van der Waals surface area contributed by atoms with Gasteiger partial charge in [-0.05, 0) is 18.2 Å². The van der Waals surface area contributed by atoms with Crippen molar-refractivity contribution in [2.75, 3.05) is 0 Å². The predicted molar refractivity (Wildman–Crippen MR) is 79.9 cm³/mol. The standard InChI is InChI=1S/C16H17N3O2/c1-16(2,3)14-10-13-15(17-7-8-19(13)18-14)21-12-6-4-5-11(20)9-12/h4-10,20H,1-3H3. The van der Waals surface area contributed by atoms with Gasteiger partial charge in [0.15, 0.2) is 0 Å². The molecule has 0 unspecified atom stereocenters. The van der Waals surface area contributed by atoms with Crippen LogP contribution in [0.25, 0.3) is 5.52 Å². The third-order valence-electron chi connectivity index (χ3n) is 3.16. The topological polar surface area (TPSA) is 59.7 Å². The zero-order valence-corrected chi connectivity index (χ0v) is 12.2. The molecule has 0 fully saturated rings. The molecule has 108 valence electrons. The molecule has 5 nitrogen and oxygen atoms in total. The number of ether oxygens (including phenoxy) is 1. The second-order valence-corrected chi connectivity index (χ2v) is 5.94. The lowest BCUT2D eigenvalue weighted by Gasteiger charge is -2.13. The van der Waals surface area contributed by atoms with Crippen molar-refractivity contribution >= 4 is 5.52 Å². The molecule has 0 radical (unpaired) electrons. The van der Waals surface area contributed by atoms with Gasteiger partial charge in [0.05, 0.1) is 5.69 Å². The molecular formula is C16H17N3O2. The Morgan fingerprint density at radius 2 is 2.00 bits per heavy atom. The molecule has 0 spiro atoms. The lowest BCUT2D eigenvalue weighted by Crippen LogP contribution is -2.11. The van der Waals surface area contributed by atoms with Crippen LogP contribution in [0.1, 0.15) is 26.5 Å². The molecule has 3 rings (SSSR count). The van der Waals surface area contributed by atoms with Gasteiger partial charge in [-0.3, -0.25) is 0 Å². The highest BCUT2D eigenvalue weighted by atomic mass is 16.5.